The third-order valence-corrected chi connectivity index (χ3v) is 5.82. The number of anilines is 2. The van der Waals surface area contributed by atoms with Crippen LogP contribution >= 0.6 is 23.4 Å². The van der Waals surface area contributed by atoms with Crippen molar-refractivity contribution in [1.29, 1.82) is 0 Å². The Morgan fingerprint density at radius 2 is 2.03 bits per heavy atom. The lowest BCUT2D eigenvalue weighted by atomic mass is 9.92. The van der Waals surface area contributed by atoms with Gasteiger partial charge in [0.1, 0.15) is 11.6 Å². The molecule has 1 aliphatic heterocycles. The second-order valence-electron chi connectivity index (χ2n) is 6.83. The first kappa shape index (κ1) is 21.1. The summed E-state index contributed by atoms with van der Waals surface area (Å²) in [4.78, 5) is 44.6. The topological polar surface area (TPSA) is 104 Å². The predicted octanol–water partition coefficient (Wildman–Crippen LogP) is 3.92. The fourth-order valence-corrected chi connectivity index (χ4v) is 4.22. The van der Waals surface area contributed by atoms with Gasteiger partial charge in [0.05, 0.1) is 17.2 Å². The van der Waals surface area contributed by atoms with Crippen molar-refractivity contribution in [2.45, 2.75) is 23.2 Å². The number of carbonyl (C=O) groups excluding carboxylic acids is 2. The van der Waals surface area contributed by atoms with E-state index in [4.69, 9.17) is 11.6 Å². The van der Waals surface area contributed by atoms with Crippen LogP contribution in [0.3, 0.4) is 0 Å². The number of para-hydroxylation sites is 1. The normalized spacial score (nSPS) is 15.2. The lowest BCUT2D eigenvalue weighted by Gasteiger charge is -2.23. The number of H-pyrrole nitrogens is 1. The quantitative estimate of drug-likeness (QED) is 0.397. The molecule has 31 heavy (non-hydrogen) atoms. The zero-order valence-corrected chi connectivity index (χ0v) is 17.5. The largest absolute Gasteiger partial charge is 0.323 e. The van der Waals surface area contributed by atoms with E-state index < -0.39 is 29.1 Å². The maximum Gasteiger partial charge on any atom is 0.257 e. The van der Waals surface area contributed by atoms with Gasteiger partial charge in [-0.25, -0.2) is 9.37 Å². The van der Waals surface area contributed by atoms with E-state index in [-0.39, 0.29) is 23.5 Å². The van der Waals surface area contributed by atoms with E-state index in [2.05, 4.69) is 20.6 Å². The molecule has 1 aromatic heterocycles. The summed E-state index contributed by atoms with van der Waals surface area (Å²) >= 11 is 7.24. The third-order valence-electron chi connectivity index (χ3n) is 4.64. The minimum atomic E-state index is -1.09. The molecular formula is C21H16ClFN4O3S. The molecular weight excluding hydrogens is 443 g/mol. The molecule has 1 unspecified atom stereocenters. The number of hydrogen-bond donors (Lipinski definition) is 3. The van der Waals surface area contributed by atoms with E-state index in [1.165, 1.54) is 30.0 Å². The Balaban J connectivity index is 1.58. The first-order valence-electron chi connectivity index (χ1n) is 9.27. The lowest BCUT2D eigenvalue weighted by Crippen LogP contribution is -2.36. The molecule has 2 heterocycles. The number of thioether (sulfide) groups is 1. The van der Waals surface area contributed by atoms with Crippen molar-refractivity contribution >= 4 is 46.7 Å². The van der Waals surface area contributed by atoms with Crippen molar-refractivity contribution in [2.24, 2.45) is 0 Å². The number of aromatic amines is 1. The van der Waals surface area contributed by atoms with Crippen molar-refractivity contribution in [1.82, 2.24) is 9.97 Å². The fourth-order valence-electron chi connectivity index (χ4n) is 3.20. The molecule has 0 radical (unpaired) electrons. The second-order valence-corrected chi connectivity index (χ2v) is 8.23. The average molecular weight is 459 g/mol. The molecule has 0 fully saturated rings. The molecule has 7 nitrogen and oxygen atoms in total. The van der Waals surface area contributed by atoms with E-state index in [0.29, 0.717) is 15.9 Å². The molecule has 2 aromatic carbocycles. The van der Waals surface area contributed by atoms with Gasteiger partial charge in [-0.15, -0.1) is 0 Å². The fraction of sp³-hybridized carbons (Fsp3) is 0.143. The molecule has 2 amide bonds. The van der Waals surface area contributed by atoms with Crippen LogP contribution in [0.2, 0.25) is 5.02 Å². The number of halogens is 2. The van der Waals surface area contributed by atoms with E-state index in [1.807, 2.05) is 12.1 Å². The molecule has 158 valence electrons. The van der Waals surface area contributed by atoms with Gasteiger partial charge >= 0.3 is 0 Å². The van der Waals surface area contributed by atoms with Crippen molar-refractivity contribution in [3.63, 3.8) is 0 Å². The van der Waals surface area contributed by atoms with Gasteiger partial charge in [0.15, 0.2) is 5.16 Å². The van der Waals surface area contributed by atoms with Crippen LogP contribution in [-0.2, 0) is 15.3 Å². The number of benzene rings is 2. The number of nitrogens with one attached hydrogen (secondary N) is 3. The first-order chi connectivity index (χ1) is 14.9. The van der Waals surface area contributed by atoms with Crippen LogP contribution in [0, 0.1) is 5.82 Å². The molecule has 3 aromatic rings. The van der Waals surface area contributed by atoms with E-state index in [1.54, 1.807) is 18.2 Å². The summed E-state index contributed by atoms with van der Waals surface area (Å²) in [5.74, 6) is -2.30. The zero-order valence-electron chi connectivity index (χ0n) is 15.9. The van der Waals surface area contributed by atoms with Gasteiger partial charge in [-0.2, -0.15) is 0 Å². The summed E-state index contributed by atoms with van der Waals surface area (Å²) in [7, 11) is 0. The highest BCUT2D eigenvalue weighted by molar-refractivity contribution is 7.98. The van der Waals surface area contributed by atoms with Gasteiger partial charge in [0.25, 0.3) is 5.56 Å². The van der Waals surface area contributed by atoms with Crippen molar-refractivity contribution in [2.75, 3.05) is 10.6 Å². The maximum atomic E-state index is 13.9. The molecule has 1 aliphatic rings. The molecule has 0 aliphatic carbocycles. The van der Waals surface area contributed by atoms with Gasteiger partial charge in [-0.1, -0.05) is 47.6 Å². The van der Waals surface area contributed by atoms with Crippen LogP contribution in [0.25, 0.3) is 0 Å². The van der Waals surface area contributed by atoms with Crippen LogP contribution in [0.1, 0.15) is 23.5 Å². The number of hydrogen-bond acceptors (Lipinski definition) is 5. The number of aromatic nitrogens is 2. The molecule has 0 bridgehead atoms. The Morgan fingerprint density at radius 1 is 1.23 bits per heavy atom. The van der Waals surface area contributed by atoms with Crippen LogP contribution in [0.4, 0.5) is 15.9 Å². The molecule has 0 saturated carbocycles. The van der Waals surface area contributed by atoms with Gasteiger partial charge in [0, 0.05) is 17.2 Å². The van der Waals surface area contributed by atoms with Gasteiger partial charge in [-0.3, -0.25) is 14.4 Å². The summed E-state index contributed by atoms with van der Waals surface area (Å²) in [6, 6.07) is 12.9. The van der Waals surface area contributed by atoms with Crippen LogP contribution in [0.15, 0.2) is 58.5 Å². The predicted molar refractivity (Wildman–Crippen MR) is 117 cm³/mol. The summed E-state index contributed by atoms with van der Waals surface area (Å²) in [6.45, 7) is 0. The average Bonchev–Trinajstić information content (AvgIpc) is 2.73. The van der Waals surface area contributed by atoms with E-state index >= 15 is 0 Å². The SMILES string of the molecule is O=C1CC(C(=O)Nc2ccccc2F)c2c(nc(SCc3cccc(Cl)c3)[nH]c2=O)N1. The minimum absolute atomic E-state index is 0.0295. The van der Waals surface area contributed by atoms with E-state index in [9.17, 15) is 18.8 Å². The Kier molecular flexibility index (Phi) is 6.06. The highest BCUT2D eigenvalue weighted by Crippen LogP contribution is 2.31. The first-order valence-corrected chi connectivity index (χ1v) is 10.6. The van der Waals surface area contributed by atoms with Crippen molar-refractivity contribution in [3.8, 4) is 0 Å². The molecule has 4 rings (SSSR count). The van der Waals surface area contributed by atoms with E-state index in [0.717, 1.165) is 5.56 Å². The smallest absolute Gasteiger partial charge is 0.257 e. The van der Waals surface area contributed by atoms with Crippen LogP contribution < -0.4 is 16.2 Å². The maximum absolute atomic E-state index is 13.9. The molecule has 0 saturated heterocycles. The molecule has 10 heteroatoms. The Hall–Kier alpha value is -3.17. The van der Waals surface area contributed by atoms with Gasteiger partial charge in [0.2, 0.25) is 11.8 Å². The molecule has 3 N–H and O–H groups in total. The Labute approximate surface area is 185 Å². The van der Waals surface area contributed by atoms with Crippen LogP contribution in [-0.4, -0.2) is 21.8 Å². The van der Waals surface area contributed by atoms with Gasteiger partial charge in [-0.05, 0) is 29.8 Å². The van der Waals surface area contributed by atoms with Gasteiger partial charge < -0.3 is 15.6 Å². The highest BCUT2D eigenvalue weighted by Gasteiger charge is 2.35. The summed E-state index contributed by atoms with van der Waals surface area (Å²) in [5.41, 5.74) is 0.412. The monoisotopic (exact) mass is 458 g/mol. The summed E-state index contributed by atoms with van der Waals surface area (Å²) in [6.07, 6.45) is -0.243. The lowest BCUT2D eigenvalue weighted by molar-refractivity contribution is -0.123. The Morgan fingerprint density at radius 3 is 2.81 bits per heavy atom. The number of amides is 2. The summed E-state index contributed by atoms with van der Waals surface area (Å²) in [5, 5.41) is 5.88. The summed E-state index contributed by atoms with van der Waals surface area (Å²) < 4.78 is 13.9. The standard InChI is InChI=1S/C21H16ClFN4O3S/c22-12-5-3-4-11(8-12)10-31-21-26-18-17(20(30)27-21)13(9-16(28)25-18)19(29)24-15-7-2-1-6-14(15)23/h1-8,13H,9-10H2,(H,24,29)(H2,25,26,27,28,30). The third kappa shape index (κ3) is 4.78. The number of fused-ring (bicyclic) bond motifs is 1. The second kappa shape index (κ2) is 8.91. The minimum Gasteiger partial charge on any atom is -0.323 e. The molecule has 1 atom stereocenters. The molecule has 0 spiro atoms. The van der Waals surface area contributed by atoms with Crippen molar-refractivity contribution < 1.29 is 14.0 Å². The highest BCUT2D eigenvalue weighted by atomic mass is 35.5. The zero-order chi connectivity index (χ0) is 22.0. The Bertz CT molecular complexity index is 1230. The number of carbonyl (C=O) groups is 2. The van der Waals surface area contributed by atoms with Crippen molar-refractivity contribution in [3.05, 3.63) is 80.9 Å². The number of rotatable bonds is 5. The van der Waals surface area contributed by atoms with Crippen LogP contribution in [0.5, 0.6) is 0 Å². The number of nitrogens with zero attached hydrogens (tertiary/aromatic N) is 1.